The summed E-state index contributed by atoms with van der Waals surface area (Å²) in [5.74, 6) is -3.10. The minimum atomic E-state index is -5.08. The lowest BCUT2D eigenvalue weighted by molar-refractivity contribution is -0.192. The van der Waals surface area contributed by atoms with Crippen LogP contribution in [0.15, 0.2) is 59.7 Å². The van der Waals surface area contributed by atoms with Gasteiger partial charge in [0.25, 0.3) is 5.95 Å². The SMILES string of the molecule is CCOc1cc(C(Cc2ccc(C(=N)N)cc2)c2nn(-c3ncccn3)c(=O)[nH]2)c(F)cc1OC.O=C(O)C(F)(F)F. The second-order valence-electron chi connectivity index (χ2n) is 8.40. The molecule has 42 heavy (non-hydrogen) atoms. The van der Waals surface area contributed by atoms with Crippen molar-refractivity contribution in [1.82, 2.24) is 24.7 Å². The molecule has 1 atom stereocenters. The molecule has 2 aromatic heterocycles. The van der Waals surface area contributed by atoms with Crippen molar-refractivity contribution >= 4 is 11.8 Å². The van der Waals surface area contributed by atoms with Gasteiger partial charge in [0.1, 0.15) is 17.5 Å². The number of benzene rings is 2. The minimum Gasteiger partial charge on any atom is -0.493 e. The van der Waals surface area contributed by atoms with E-state index in [1.165, 1.54) is 25.6 Å². The molecule has 0 amide bonds. The summed E-state index contributed by atoms with van der Waals surface area (Å²) < 4.78 is 59.1. The number of alkyl halides is 3. The molecule has 2 heterocycles. The summed E-state index contributed by atoms with van der Waals surface area (Å²) in [6.45, 7) is 2.17. The zero-order valence-electron chi connectivity index (χ0n) is 22.1. The summed E-state index contributed by atoms with van der Waals surface area (Å²) in [4.78, 5) is 32.5. The molecular weight excluding hydrogens is 566 g/mol. The molecule has 1 unspecified atom stereocenters. The van der Waals surface area contributed by atoms with Crippen molar-refractivity contribution < 1.29 is 36.9 Å². The molecule has 0 bridgehead atoms. The fourth-order valence-corrected chi connectivity index (χ4v) is 3.69. The predicted molar refractivity (Wildman–Crippen MR) is 141 cm³/mol. The number of carboxylic acids is 1. The molecule has 0 saturated carbocycles. The van der Waals surface area contributed by atoms with E-state index in [0.29, 0.717) is 17.9 Å². The fourth-order valence-electron chi connectivity index (χ4n) is 3.69. The quantitative estimate of drug-likeness (QED) is 0.129. The highest BCUT2D eigenvalue weighted by Crippen LogP contribution is 2.36. The summed E-state index contributed by atoms with van der Waals surface area (Å²) >= 11 is 0. The Balaban J connectivity index is 0.000000616. The molecule has 0 saturated heterocycles. The van der Waals surface area contributed by atoms with E-state index in [1.807, 2.05) is 6.92 Å². The number of aliphatic carboxylic acids is 1. The van der Waals surface area contributed by atoms with Gasteiger partial charge in [0.05, 0.1) is 19.6 Å². The van der Waals surface area contributed by atoms with E-state index in [2.05, 4.69) is 20.1 Å². The van der Waals surface area contributed by atoms with Gasteiger partial charge < -0.3 is 20.3 Å². The number of rotatable bonds is 9. The van der Waals surface area contributed by atoms with E-state index in [1.54, 1.807) is 36.4 Å². The van der Waals surface area contributed by atoms with Crippen LogP contribution in [-0.2, 0) is 11.2 Å². The molecule has 0 radical (unpaired) electrons. The van der Waals surface area contributed by atoms with Gasteiger partial charge in [-0.15, -0.1) is 9.78 Å². The highest BCUT2D eigenvalue weighted by Gasteiger charge is 2.38. The van der Waals surface area contributed by atoms with E-state index >= 15 is 4.39 Å². The first kappa shape index (κ1) is 31.3. The van der Waals surface area contributed by atoms with E-state index < -0.39 is 29.6 Å². The lowest BCUT2D eigenvalue weighted by Gasteiger charge is -2.19. The maximum atomic E-state index is 15.4. The Morgan fingerprint density at radius 1 is 1.17 bits per heavy atom. The van der Waals surface area contributed by atoms with Gasteiger partial charge in [0, 0.05) is 29.6 Å². The number of aromatic nitrogens is 5. The Morgan fingerprint density at radius 3 is 2.31 bits per heavy atom. The van der Waals surface area contributed by atoms with Crippen LogP contribution >= 0.6 is 0 Å². The van der Waals surface area contributed by atoms with Crippen molar-refractivity contribution in [2.45, 2.75) is 25.4 Å². The molecule has 16 heteroatoms. The Hall–Kier alpha value is -5.28. The van der Waals surface area contributed by atoms with Crippen molar-refractivity contribution in [2.75, 3.05) is 13.7 Å². The van der Waals surface area contributed by atoms with Gasteiger partial charge in [0.15, 0.2) is 11.5 Å². The van der Waals surface area contributed by atoms with Gasteiger partial charge in [-0.3, -0.25) is 10.4 Å². The molecule has 0 aliphatic carbocycles. The number of nitrogen functional groups attached to an aromatic ring is 1. The topological polar surface area (TPSA) is 182 Å². The number of amidine groups is 1. The summed E-state index contributed by atoms with van der Waals surface area (Å²) in [6.07, 6.45) is -1.81. The summed E-state index contributed by atoms with van der Waals surface area (Å²) in [5.41, 5.74) is 6.65. The summed E-state index contributed by atoms with van der Waals surface area (Å²) in [5, 5.41) is 19.1. The average molecular weight is 592 g/mol. The molecule has 222 valence electrons. The number of aromatic amines is 1. The molecule has 4 rings (SSSR count). The van der Waals surface area contributed by atoms with Crippen LogP contribution < -0.4 is 20.9 Å². The number of carbonyl (C=O) groups is 1. The number of carboxylic acid groups (broad SMARTS) is 1. The van der Waals surface area contributed by atoms with Gasteiger partial charge in [-0.2, -0.15) is 13.2 Å². The lowest BCUT2D eigenvalue weighted by atomic mass is 9.90. The normalized spacial score (nSPS) is 11.7. The van der Waals surface area contributed by atoms with Crippen LogP contribution in [0.5, 0.6) is 11.5 Å². The first-order valence-electron chi connectivity index (χ1n) is 12.1. The zero-order valence-corrected chi connectivity index (χ0v) is 22.1. The number of nitrogens with one attached hydrogen (secondary N) is 2. The Labute approximate surface area is 235 Å². The Bertz CT molecular complexity index is 1590. The number of halogens is 4. The van der Waals surface area contributed by atoms with Crippen molar-refractivity contribution in [1.29, 1.82) is 5.41 Å². The Kier molecular flexibility index (Phi) is 9.96. The molecule has 2 aromatic carbocycles. The number of ether oxygens (including phenoxy) is 2. The fraction of sp³-hybridized carbons (Fsp3) is 0.231. The van der Waals surface area contributed by atoms with Crippen LogP contribution in [-0.4, -0.2) is 61.5 Å². The highest BCUT2D eigenvalue weighted by molar-refractivity contribution is 5.94. The number of nitrogens with two attached hydrogens (primary N) is 1. The van der Waals surface area contributed by atoms with E-state index in [4.69, 9.17) is 30.5 Å². The zero-order chi connectivity index (χ0) is 31.0. The maximum absolute atomic E-state index is 15.4. The first-order valence-corrected chi connectivity index (χ1v) is 12.1. The van der Waals surface area contributed by atoms with Gasteiger partial charge in [-0.1, -0.05) is 24.3 Å². The monoisotopic (exact) mass is 591 g/mol. The Morgan fingerprint density at radius 2 is 1.79 bits per heavy atom. The van der Waals surface area contributed by atoms with E-state index in [0.717, 1.165) is 10.2 Å². The van der Waals surface area contributed by atoms with Crippen LogP contribution in [0.4, 0.5) is 17.6 Å². The first-order chi connectivity index (χ1) is 19.8. The second-order valence-corrected chi connectivity index (χ2v) is 8.40. The van der Waals surface area contributed by atoms with E-state index in [-0.39, 0.29) is 35.3 Å². The third-order valence-corrected chi connectivity index (χ3v) is 5.61. The average Bonchev–Trinajstić information content (AvgIpc) is 3.34. The van der Waals surface area contributed by atoms with Gasteiger partial charge >= 0.3 is 17.8 Å². The van der Waals surface area contributed by atoms with Crippen LogP contribution in [0.3, 0.4) is 0 Å². The van der Waals surface area contributed by atoms with Crippen LogP contribution in [0.1, 0.15) is 35.4 Å². The molecule has 0 aliphatic rings. The largest absolute Gasteiger partial charge is 0.493 e. The van der Waals surface area contributed by atoms with Crippen molar-refractivity contribution in [3.05, 3.63) is 93.7 Å². The molecular formula is C26H25F4N7O5. The van der Waals surface area contributed by atoms with Gasteiger partial charge in [0.2, 0.25) is 0 Å². The summed E-state index contributed by atoms with van der Waals surface area (Å²) in [6, 6.07) is 11.4. The van der Waals surface area contributed by atoms with Crippen LogP contribution in [0.25, 0.3) is 5.95 Å². The summed E-state index contributed by atoms with van der Waals surface area (Å²) in [7, 11) is 1.43. The molecule has 12 nitrogen and oxygen atoms in total. The second kappa shape index (κ2) is 13.4. The minimum absolute atomic E-state index is 0.0541. The van der Waals surface area contributed by atoms with Crippen LogP contribution in [0.2, 0.25) is 0 Å². The third-order valence-electron chi connectivity index (χ3n) is 5.61. The van der Waals surface area contributed by atoms with E-state index in [9.17, 15) is 18.0 Å². The maximum Gasteiger partial charge on any atom is 0.490 e. The van der Waals surface area contributed by atoms with Gasteiger partial charge in [-0.25, -0.2) is 23.9 Å². The number of hydrogen-bond donors (Lipinski definition) is 4. The number of nitrogens with zero attached hydrogens (tertiary/aromatic N) is 4. The highest BCUT2D eigenvalue weighted by atomic mass is 19.4. The smallest absolute Gasteiger partial charge is 0.490 e. The standard InChI is InChI=1S/C24H24FN7O3.C2HF3O2/c1-3-35-20-12-16(18(25)13-19(20)34-2)17(11-14-5-7-15(8-6-14)21(26)27)22-30-24(33)32(31-22)23-28-9-4-10-29-23;3-2(4,5)1(6)7/h4-10,12-13,17H,3,11H2,1-2H3,(H3,26,27)(H,30,31,33);(H,6,7). The molecule has 0 aliphatic heterocycles. The van der Waals surface area contributed by atoms with Gasteiger partial charge in [-0.05, 0) is 31.0 Å². The van der Waals surface area contributed by atoms with Crippen LogP contribution in [0, 0.1) is 11.2 Å². The number of hydrogen-bond acceptors (Lipinski definition) is 8. The molecule has 4 aromatic rings. The lowest BCUT2D eigenvalue weighted by Crippen LogP contribution is -2.21. The molecule has 0 spiro atoms. The molecule has 0 fully saturated rings. The number of methoxy groups -OCH3 is 1. The van der Waals surface area contributed by atoms with Crippen molar-refractivity contribution in [3.8, 4) is 17.4 Å². The third kappa shape index (κ3) is 7.67. The van der Waals surface area contributed by atoms with Crippen molar-refractivity contribution in [3.63, 3.8) is 0 Å². The van der Waals surface area contributed by atoms with Crippen molar-refractivity contribution in [2.24, 2.45) is 5.73 Å². The molecule has 5 N–H and O–H groups in total. The number of H-pyrrole nitrogens is 1. The predicted octanol–water partition coefficient (Wildman–Crippen LogP) is 3.19.